The molecule has 0 saturated carbocycles. The van der Waals surface area contributed by atoms with Crippen LogP contribution in [-0.4, -0.2) is 16.7 Å². The Morgan fingerprint density at radius 2 is 2.06 bits per heavy atom. The fourth-order valence-electron chi connectivity index (χ4n) is 1.75. The van der Waals surface area contributed by atoms with Crippen LogP contribution in [0.1, 0.15) is 11.3 Å². The summed E-state index contributed by atoms with van der Waals surface area (Å²) in [4.78, 5) is 0. The van der Waals surface area contributed by atoms with E-state index in [1.807, 2.05) is 6.92 Å². The van der Waals surface area contributed by atoms with Gasteiger partial charge in [-0.05, 0) is 37.2 Å². The second kappa shape index (κ2) is 4.63. The number of hydrogen-bond acceptors (Lipinski definition) is 2. The minimum absolute atomic E-state index is 0.514. The zero-order valence-electron chi connectivity index (χ0n) is 9.43. The highest BCUT2D eigenvalue weighted by atomic mass is 19.2. The Bertz CT molecular complexity index is 535. The molecule has 0 aliphatic carbocycles. The smallest absolute Gasteiger partial charge is 0.159 e. The lowest BCUT2D eigenvalue weighted by Crippen LogP contribution is -2.03. The van der Waals surface area contributed by atoms with E-state index in [0.717, 1.165) is 23.4 Å². The molecular formula is C12H13F2N3. The first-order valence-electron chi connectivity index (χ1n) is 5.33. The number of nitrogens with zero attached hydrogens (tertiary/aromatic N) is 1. The molecule has 90 valence electrons. The molecule has 1 aromatic carbocycles. The molecule has 0 atom stereocenters. The van der Waals surface area contributed by atoms with Gasteiger partial charge in [0.2, 0.25) is 0 Å². The molecule has 2 aromatic rings. The zero-order valence-corrected chi connectivity index (χ0v) is 9.43. The SMILES string of the molecule is Cc1c(-c2ccc(F)c(F)c2)n[nH]c1CCN. The number of H-pyrrole nitrogens is 1. The second-order valence-corrected chi connectivity index (χ2v) is 3.84. The van der Waals surface area contributed by atoms with Crippen LogP contribution < -0.4 is 5.73 Å². The van der Waals surface area contributed by atoms with Crippen molar-refractivity contribution in [1.82, 2.24) is 10.2 Å². The van der Waals surface area contributed by atoms with Crippen LogP contribution in [-0.2, 0) is 6.42 Å². The summed E-state index contributed by atoms with van der Waals surface area (Å²) in [5.41, 5.74) is 8.49. The van der Waals surface area contributed by atoms with E-state index in [0.29, 0.717) is 24.2 Å². The van der Waals surface area contributed by atoms with Crippen molar-refractivity contribution >= 4 is 0 Å². The number of aromatic nitrogens is 2. The van der Waals surface area contributed by atoms with Crippen LogP contribution in [0.2, 0.25) is 0 Å². The molecule has 0 saturated heterocycles. The number of rotatable bonds is 3. The average Bonchev–Trinajstić information content (AvgIpc) is 2.66. The van der Waals surface area contributed by atoms with E-state index in [4.69, 9.17) is 5.73 Å². The summed E-state index contributed by atoms with van der Waals surface area (Å²) in [5.74, 6) is -1.73. The summed E-state index contributed by atoms with van der Waals surface area (Å²) in [7, 11) is 0. The van der Waals surface area contributed by atoms with Gasteiger partial charge in [-0.25, -0.2) is 8.78 Å². The third kappa shape index (κ3) is 2.19. The van der Waals surface area contributed by atoms with Crippen LogP contribution in [0.3, 0.4) is 0 Å². The van der Waals surface area contributed by atoms with Crippen molar-refractivity contribution in [3.8, 4) is 11.3 Å². The maximum absolute atomic E-state index is 13.1. The number of aromatic amines is 1. The predicted molar refractivity (Wildman–Crippen MR) is 61.4 cm³/mol. The predicted octanol–water partition coefficient (Wildman–Crippen LogP) is 2.16. The average molecular weight is 237 g/mol. The molecule has 0 bridgehead atoms. The fraction of sp³-hybridized carbons (Fsp3) is 0.250. The van der Waals surface area contributed by atoms with E-state index in [1.54, 1.807) is 0 Å². The molecular weight excluding hydrogens is 224 g/mol. The number of nitrogens with two attached hydrogens (primary N) is 1. The van der Waals surface area contributed by atoms with Gasteiger partial charge < -0.3 is 5.73 Å². The molecule has 5 heteroatoms. The Morgan fingerprint density at radius 1 is 1.29 bits per heavy atom. The maximum Gasteiger partial charge on any atom is 0.159 e. The van der Waals surface area contributed by atoms with E-state index < -0.39 is 11.6 Å². The maximum atomic E-state index is 13.1. The Hall–Kier alpha value is -1.75. The Labute approximate surface area is 97.7 Å². The Morgan fingerprint density at radius 3 is 2.71 bits per heavy atom. The quantitative estimate of drug-likeness (QED) is 0.859. The van der Waals surface area contributed by atoms with E-state index in [2.05, 4.69) is 10.2 Å². The Kier molecular flexibility index (Phi) is 3.19. The van der Waals surface area contributed by atoms with Crippen molar-refractivity contribution in [3.05, 3.63) is 41.1 Å². The van der Waals surface area contributed by atoms with Crippen molar-refractivity contribution in [2.75, 3.05) is 6.54 Å². The molecule has 0 fully saturated rings. The van der Waals surface area contributed by atoms with Crippen molar-refractivity contribution in [1.29, 1.82) is 0 Å². The summed E-state index contributed by atoms with van der Waals surface area (Å²) in [6.07, 6.45) is 0.683. The summed E-state index contributed by atoms with van der Waals surface area (Å²) in [6, 6.07) is 3.75. The monoisotopic (exact) mass is 237 g/mol. The summed E-state index contributed by atoms with van der Waals surface area (Å²) >= 11 is 0. The normalized spacial score (nSPS) is 10.8. The molecule has 0 unspecified atom stereocenters. The zero-order chi connectivity index (χ0) is 12.4. The van der Waals surface area contributed by atoms with Crippen molar-refractivity contribution in [2.45, 2.75) is 13.3 Å². The topological polar surface area (TPSA) is 54.7 Å². The van der Waals surface area contributed by atoms with Crippen molar-refractivity contribution in [2.24, 2.45) is 5.73 Å². The van der Waals surface area contributed by atoms with E-state index >= 15 is 0 Å². The van der Waals surface area contributed by atoms with E-state index in [-0.39, 0.29) is 0 Å². The second-order valence-electron chi connectivity index (χ2n) is 3.84. The van der Waals surface area contributed by atoms with Crippen LogP contribution in [0, 0.1) is 18.6 Å². The minimum Gasteiger partial charge on any atom is -0.330 e. The molecule has 0 radical (unpaired) electrons. The molecule has 1 heterocycles. The molecule has 3 nitrogen and oxygen atoms in total. The molecule has 2 rings (SSSR count). The largest absolute Gasteiger partial charge is 0.330 e. The number of hydrogen-bond donors (Lipinski definition) is 2. The molecule has 0 aliphatic heterocycles. The standard InChI is InChI=1S/C12H13F2N3/c1-7-11(4-5-15)16-17-12(7)8-2-3-9(13)10(14)6-8/h2-3,6H,4-5,15H2,1H3,(H,16,17). The van der Waals surface area contributed by atoms with Crippen LogP contribution in [0.4, 0.5) is 8.78 Å². The van der Waals surface area contributed by atoms with Crippen LogP contribution in [0.25, 0.3) is 11.3 Å². The van der Waals surface area contributed by atoms with Gasteiger partial charge in [-0.2, -0.15) is 5.10 Å². The summed E-state index contributed by atoms with van der Waals surface area (Å²) < 4.78 is 25.9. The lowest BCUT2D eigenvalue weighted by molar-refractivity contribution is 0.509. The highest BCUT2D eigenvalue weighted by molar-refractivity contribution is 5.63. The van der Waals surface area contributed by atoms with Gasteiger partial charge in [0.15, 0.2) is 11.6 Å². The van der Waals surface area contributed by atoms with Gasteiger partial charge >= 0.3 is 0 Å². The molecule has 17 heavy (non-hydrogen) atoms. The van der Waals surface area contributed by atoms with Gasteiger partial charge in [0.25, 0.3) is 0 Å². The highest BCUT2D eigenvalue weighted by Crippen LogP contribution is 2.24. The Balaban J connectivity index is 2.42. The van der Waals surface area contributed by atoms with Gasteiger partial charge in [-0.1, -0.05) is 0 Å². The number of benzene rings is 1. The lowest BCUT2D eigenvalue weighted by atomic mass is 10.1. The third-order valence-corrected chi connectivity index (χ3v) is 2.70. The minimum atomic E-state index is -0.870. The van der Waals surface area contributed by atoms with Gasteiger partial charge in [0.05, 0.1) is 5.69 Å². The number of halogens is 2. The summed E-state index contributed by atoms with van der Waals surface area (Å²) in [6.45, 7) is 2.39. The van der Waals surface area contributed by atoms with Gasteiger partial charge in [-0.15, -0.1) is 0 Å². The molecule has 0 aliphatic rings. The molecule has 3 N–H and O–H groups in total. The van der Waals surface area contributed by atoms with Gasteiger partial charge in [0, 0.05) is 17.7 Å². The van der Waals surface area contributed by atoms with Crippen molar-refractivity contribution < 1.29 is 8.78 Å². The summed E-state index contributed by atoms with van der Waals surface area (Å²) in [5, 5.41) is 6.97. The highest BCUT2D eigenvalue weighted by Gasteiger charge is 2.12. The first kappa shape index (κ1) is 11.7. The van der Waals surface area contributed by atoms with Crippen LogP contribution in [0.5, 0.6) is 0 Å². The van der Waals surface area contributed by atoms with Crippen LogP contribution in [0.15, 0.2) is 18.2 Å². The van der Waals surface area contributed by atoms with Gasteiger partial charge in [0.1, 0.15) is 0 Å². The molecule has 1 aromatic heterocycles. The van der Waals surface area contributed by atoms with Crippen LogP contribution >= 0.6 is 0 Å². The fourth-order valence-corrected chi connectivity index (χ4v) is 1.75. The number of nitrogens with one attached hydrogen (secondary N) is 1. The first-order chi connectivity index (χ1) is 8.13. The first-order valence-corrected chi connectivity index (χ1v) is 5.33. The lowest BCUT2D eigenvalue weighted by Gasteiger charge is -2.00. The third-order valence-electron chi connectivity index (χ3n) is 2.70. The van der Waals surface area contributed by atoms with E-state index in [1.165, 1.54) is 6.07 Å². The van der Waals surface area contributed by atoms with Gasteiger partial charge in [-0.3, -0.25) is 5.10 Å². The van der Waals surface area contributed by atoms with E-state index in [9.17, 15) is 8.78 Å². The molecule has 0 amide bonds. The van der Waals surface area contributed by atoms with Crippen molar-refractivity contribution in [3.63, 3.8) is 0 Å². The molecule has 0 spiro atoms.